The maximum absolute atomic E-state index is 12.0. The van der Waals surface area contributed by atoms with Crippen molar-refractivity contribution in [2.24, 2.45) is 5.92 Å². The fourth-order valence-electron chi connectivity index (χ4n) is 3.86. The van der Waals surface area contributed by atoms with Crippen molar-refractivity contribution in [3.8, 4) is 0 Å². The highest BCUT2D eigenvalue weighted by atomic mass is 32.2. The second-order valence-electron chi connectivity index (χ2n) is 6.73. The van der Waals surface area contributed by atoms with Crippen molar-refractivity contribution in [3.63, 3.8) is 0 Å². The molecule has 0 bridgehead atoms. The van der Waals surface area contributed by atoms with Gasteiger partial charge in [-0.15, -0.1) is 0 Å². The van der Waals surface area contributed by atoms with Gasteiger partial charge in [0, 0.05) is 22.3 Å². The Hall–Kier alpha value is -0.900. The van der Waals surface area contributed by atoms with E-state index < -0.39 is 6.04 Å². The van der Waals surface area contributed by atoms with Crippen LogP contribution < -0.4 is 11.0 Å². The molecule has 2 aliphatic carbocycles. The number of thioether (sulfide) groups is 1. The number of ether oxygens (including phenoxy) is 1. The summed E-state index contributed by atoms with van der Waals surface area (Å²) in [5.74, 6) is 0.726. The Morgan fingerprint density at radius 2 is 1.92 bits per heavy atom. The monoisotopic (exact) mass is 359 g/mol. The number of hydroxylamine groups is 2. The smallest absolute Gasteiger partial charge is 0.308 e. The lowest BCUT2D eigenvalue weighted by Crippen LogP contribution is -2.55. The molecule has 0 spiro atoms. The van der Waals surface area contributed by atoms with Gasteiger partial charge in [0.25, 0.3) is 0 Å². The maximum Gasteiger partial charge on any atom is 0.308 e. The predicted octanol–water partition coefficient (Wildman–Crippen LogP) is 1.43. The van der Waals surface area contributed by atoms with E-state index in [-0.39, 0.29) is 34.1 Å². The number of hydrogen-bond acceptors (Lipinski definition) is 8. The summed E-state index contributed by atoms with van der Waals surface area (Å²) < 4.78 is 5.41. The van der Waals surface area contributed by atoms with Gasteiger partial charge in [-0.2, -0.15) is 22.7 Å². The fourth-order valence-corrected chi connectivity index (χ4v) is 5.07. The van der Waals surface area contributed by atoms with Crippen molar-refractivity contribution in [2.75, 3.05) is 12.4 Å². The Labute approximate surface area is 145 Å². The van der Waals surface area contributed by atoms with Crippen LogP contribution in [0.3, 0.4) is 0 Å². The van der Waals surface area contributed by atoms with E-state index in [0.29, 0.717) is 18.8 Å². The number of nitrogens with zero attached hydrogens (tertiary/aromatic N) is 1. The summed E-state index contributed by atoms with van der Waals surface area (Å²) in [5, 5.41) is 11.3. The van der Waals surface area contributed by atoms with Crippen molar-refractivity contribution < 1.29 is 19.4 Å². The van der Waals surface area contributed by atoms with Crippen LogP contribution in [0.5, 0.6) is 0 Å². The summed E-state index contributed by atoms with van der Waals surface area (Å²) >= 11 is 1.69. The molecule has 8 nitrogen and oxygen atoms in total. The number of carbonyl (C=O) groups excluding carboxylic acids is 1. The van der Waals surface area contributed by atoms with Gasteiger partial charge in [0.2, 0.25) is 6.04 Å². The molecule has 4 unspecified atom stereocenters. The van der Waals surface area contributed by atoms with Gasteiger partial charge in [0.1, 0.15) is 12.6 Å². The number of carbonyl (C=O) groups is 1. The normalized spacial score (nSPS) is 33.8. The third-order valence-electron chi connectivity index (χ3n) is 5.21. The molecule has 3 fully saturated rings. The first-order chi connectivity index (χ1) is 11.7. The average molecular weight is 359 g/mol. The molecule has 1 aliphatic heterocycles. The summed E-state index contributed by atoms with van der Waals surface area (Å²) in [7, 11) is 0. The predicted molar refractivity (Wildman–Crippen MR) is 88.7 cm³/mol. The van der Waals surface area contributed by atoms with Gasteiger partial charge in [0.15, 0.2) is 0 Å². The molecule has 1 saturated heterocycles. The zero-order chi connectivity index (χ0) is 16.9. The topological polar surface area (TPSA) is 103 Å². The van der Waals surface area contributed by atoms with Crippen molar-refractivity contribution in [2.45, 2.75) is 68.3 Å². The minimum atomic E-state index is -0.619. The molecule has 0 aromatic rings. The minimum absolute atomic E-state index is 0.0609. The number of esters is 1. The lowest BCUT2D eigenvalue weighted by Gasteiger charge is -2.32. The van der Waals surface area contributed by atoms with Crippen LogP contribution in [0.1, 0.15) is 44.9 Å². The zero-order valence-electron chi connectivity index (χ0n) is 13.6. The third-order valence-corrected chi connectivity index (χ3v) is 6.57. The Kier molecular flexibility index (Phi) is 6.31. The van der Waals surface area contributed by atoms with E-state index in [0.717, 1.165) is 32.1 Å². The molecule has 2 saturated carbocycles. The van der Waals surface area contributed by atoms with E-state index in [2.05, 4.69) is 11.0 Å². The van der Waals surface area contributed by atoms with E-state index in [1.54, 1.807) is 11.8 Å². The highest BCUT2D eigenvalue weighted by molar-refractivity contribution is 8.00. The van der Waals surface area contributed by atoms with Crippen molar-refractivity contribution in [1.82, 2.24) is 11.0 Å². The van der Waals surface area contributed by atoms with Gasteiger partial charge in [0.05, 0.1) is 12.0 Å². The first kappa shape index (κ1) is 17.9. The van der Waals surface area contributed by atoms with Gasteiger partial charge in [-0.05, 0) is 19.3 Å². The van der Waals surface area contributed by atoms with Crippen LogP contribution in [0, 0.1) is 16.0 Å². The Bertz CT molecular complexity index is 460. The molecule has 0 amide bonds. The van der Waals surface area contributed by atoms with E-state index in [1.807, 2.05) is 0 Å². The van der Waals surface area contributed by atoms with Crippen molar-refractivity contribution >= 4 is 17.7 Å². The maximum atomic E-state index is 12.0. The Morgan fingerprint density at radius 1 is 1.17 bits per heavy atom. The summed E-state index contributed by atoms with van der Waals surface area (Å²) in [5.41, 5.74) is 5.57. The quantitative estimate of drug-likeness (QED) is 0.318. The highest BCUT2D eigenvalue weighted by Gasteiger charge is 2.49. The second kappa shape index (κ2) is 8.46. The molecule has 3 aliphatic rings. The van der Waals surface area contributed by atoms with Crippen LogP contribution in [-0.2, 0) is 14.5 Å². The molecule has 3 rings (SSSR count). The van der Waals surface area contributed by atoms with Crippen molar-refractivity contribution in [1.29, 1.82) is 0 Å². The largest absolute Gasteiger partial charge is 0.465 e. The molecule has 2 N–H and O–H groups in total. The van der Waals surface area contributed by atoms with E-state index in [9.17, 15) is 14.9 Å². The minimum Gasteiger partial charge on any atom is -0.465 e. The van der Waals surface area contributed by atoms with Gasteiger partial charge < -0.3 is 4.74 Å². The van der Waals surface area contributed by atoms with Crippen LogP contribution in [0.25, 0.3) is 0 Å². The van der Waals surface area contributed by atoms with Crippen LogP contribution >= 0.6 is 11.8 Å². The molecule has 4 atom stereocenters. The van der Waals surface area contributed by atoms with E-state index in [4.69, 9.17) is 9.68 Å². The molecule has 136 valence electrons. The lowest BCUT2D eigenvalue weighted by atomic mass is 9.87. The highest BCUT2D eigenvalue weighted by Crippen LogP contribution is 2.32. The van der Waals surface area contributed by atoms with Crippen LogP contribution in [0.4, 0.5) is 0 Å². The molecule has 0 aromatic carbocycles. The number of nitrogens with one attached hydrogen (secondary N) is 2. The molecular formula is C15H25N3O5S. The third kappa shape index (κ3) is 4.19. The Balaban J connectivity index is 1.39. The molecular weight excluding hydrogens is 334 g/mol. The van der Waals surface area contributed by atoms with Crippen molar-refractivity contribution in [3.05, 3.63) is 10.1 Å². The summed E-state index contributed by atoms with van der Waals surface area (Å²) in [6.45, 7) is 0.404. The van der Waals surface area contributed by atoms with E-state index >= 15 is 0 Å². The number of hydrogen-bond donors (Lipinski definition) is 2. The molecule has 1 heterocycles. The summed E-state index contributed by atoms with van der Waals surface area (Å²) in [6, 6.07) is -1.02. The molecule has 0 radical (unpaired) electrons. The fraction of sp³-hybridized carbons (Fsp3) is 0.933. The van der Waals surface area contributed by atoms with E-state index in [1.165, 1.54) is 6.42 Å². The average Bonchev–Trinajstić information content (AvgIpc) is 3.08. The SMILES string of the molecule is O=C(OCCSC1CCC([N+](=O)[O-])C2NONC12)C1CCCCC1. The zero-order valence-corrected chi connectivity index (χ0v) is 14.5. The van der Waals surface area contributed by atoms with Crippen LogP contribution in [-0.4, -0.2) is 46.6 Å². The van der Waals surface area contributed by atoms with Gasteiger partial charge in [-0.3, -0.25) is 14.9 Å². The van der Waals surface area contributed by atoms with Gasteiger partial charge >= 0.3 is 5.97 Å². The van der Waals surface area contributed by atoms with Gasteiger partial charge in [-0.25, -0.2) is 4.94 Å². The van der Waals surface area contributed by atoms with Crippen LogP contribution in [0.2, 0.25) is 0 Å². The molecule has 24 heavy (non-hydrogen) atoms. The Morgan fingerprint density at radius 3 is 2.67 bits per heavy atom. The van der Waals surface area contributed by atoms with Crippen LogP contribution in [0.15, 0.2) is 0 Å². The lowest BCUT2D eigenvalue weighted by molar-refractivity contribution is -0.530. The molecule has 9 heteroatoms. The second-order valence-corrected chi connectivity index (χ2v) is 8.08. The molecule has 0 aromatic heterocycles. The first-order valence-corrected chi connectivity index (χ1v) is 9.80. The number of nitro groups is 1. The standard InChI is InChI=1S/C15H25N3O5S/c19-15(10-4-2-1-3-5-10)22-8-9-24-12-7-6-11(18(20)21)13-14(12)17-23-16-13/h10-14,16-17H,1-9H2. The summed E-state index contributed by atoms with van der Waals surface area (Å²) in [6.07, 6.45) is 6.66. The number of rotatable bonds is 6. The first-order valence-electron chi connectivity index (χ1n) is 8.75. The summed E-state index contributed by atoms with van der Waals surface area (Å²) in [4.78, 5) is 27.9. The number of fused-ring (bicyclic) bond motifs is 1. The van der Waals surface area contributed by atoms with Gasteiger partial charge in [-0.1, -0.05) is 19.3 Å².